The van der Waals surface area contributed by atoms with Crippen molar-refractivity contribution < 1.29 is 4.79 Å². The molecule has 1 N–H and O–H groups in total. The van der Waals surface area contributed by atoms with Crippen LogP contribution in [0.5, 0.6) is 0 Å². The van der Waals surface area contributed by atoms with Crippen LogP contribution in [0.3, 0.4) is 0 Å². The Balaban J connectivity index is 0. The summed E-state index contributed by atoms with van der Waals surface area (Å²) in [5.41, 5.74) is 0. The number of halogens is 2. The number of hydrogen-bond donors (Lipinski definition) is 1. The third-order valence-electron chi connectivity index (χ3n) is 1.53. The van der Waals surface area contributed by atoms with Crippen molar-refractivity contribution in [3.05, 3.63) is 0 Å². The zero-order valence-corrected chi connectivity index (χ0v) is 7.34. The maximum absolute atomic E-state index is 10.1. The molecular weight excluding hydrogens is 173 g/mol. The minimum atomic E-state index is 0. The van der Waals surface area contributed by atoms with E-state index >= 15 is 0 Å². The van der Waals surface area contributed by atoms with Crippen molar-refractivity contribution in [2.45, 2.75) is 12.8 Å². The summed E-state index contributed by atoms with van der Waals surface area (Å²) >= 11 is 0. The molecule has 1 aliphatic heterocycles. The molecule has 0 amide bonds. The second kappa shape index (κ2) is 7.32. The van der Waals surface area contributed by atoms with E-state index in [1.165, 1.54) is 0 Å². The van der Waals surface area contributed by atoms with Crippen molar-refractivity contribution in [1.82, 2.24) is 5.32 Å². The van der Waals surface area contributed by atoms with Gasteiger partial charge in [0.1, 0.15) is 6.29 Å². The summed E-state index contributed by atoms with van der Waals surface area (Å²) < 4.78 is 0. The van der Waals surface area contributed by atoms with Gasteiger partial charge in [0.15, 0.2) is 0 Å². The van der Waals surface area contributed by atoms with Crippen LogP contribution in [-0.4, -0.2) is 19.4 Å². The van der Waals surface area contributed by atoms with E-state index in [4.69, 9.17) is 0 Å². The minimum Gasteiger partial charge on any atom is -0.316 e. The Hall–Kier alpha value is 0.210. The van der Waals surface area contributed by atoms with Gasteiger partial charge in [-0.05, 0) is 19.4 Å². The lowest BCUT2D eigenvalue weighted by Gasteiger charge is -2.16. The first kappa shape index (κ1) is 12.8. The van der Waals surface area contributed by atoms with Gasteiger partial charge >= 0.3 is 0 Å². The first-order valence-electron chi connectivity index (χ1n) is 3.09. The van der Waals surface area contributed by atoms with Crippen molar-refractivity contribution >= 4 is 31.1 Å². The molecule has 2 nitrogen and oxygen atoms in total. The molecule has 1 heterocycles. The summed E-state index contributed by atoms with van der Waals surface area (Å²) in [5, 5.41) is 3.15. The molecule has 10 heavy (non-hydrogen) atoms. The Morgan fingerprint density at radius 1 is 1.40 bits per heavy atom. The summed E-state index contributed by atoms with van der Waals surface area (Å²) in [6.45, 7) is 1.98. The van der Waals surface area contributed by atoms with Gasteiger partial charge in [0.2, 0.25) is 0 Å². The lowest BCUT2D eigenvalue weighted by atomic mass is 10.0. The fraction of sp³-hybridized carbons (Fsp3) is 0.833. The largest absolute Gasteiger partial charge is 0.316 e. The molecule has 0 aromatic heterocycles. The van der Waals surface area contributed by atoms with Gasteiger partial charge in [0.25, 0.3) is 0 Å². The monoisotopic (exact) mass is 185 g/mol. The lowest BCUT2D eigenvalue weighted by molar-refractivity contribution is -0.111. The third-order valence-corrected chi connectivity index (χ3v) is 1.53. The standard InChI is InChI=1S/C6H11NO.2ClH/c8-5-6-2-1-3-7-4-6;;/h5-7H,1-4H2;2*1H/t6-;;/m0../s1. The van der Waals surface area contributed by atoms with E-state index in [2.05, 4.69) is 5.32 Å². The second-order valence-electron chi connectivity index (χ2n) is 2.24. The predicted octanol–water partition coefficient (Wildman–Crippen LogP) is 1.03. The van der Waals surface area contributed by atoms with Crippen LogP contribution >= 0.6 is 24.8 Å². The molecule has 1 rings (SSSR count). The predicted molar refractivity (Wildman–Crippen MR) is 46.2 cm³/mol. The fourth-order valence-electron chi connectivity index (χ4n) is 0.995. The molecular formula is C6H13Cl2NO. The summed E-state index contributed by atoms with van der Waals surface area (Å²) in [6.07, 6.45) is 3.28. The van der Waals surface area contributed by atoms with Crippen molar-refractivity contribution in [2.75, 3.05) is 13.1 Å². The summed E-state index contributed by atoms with van der Waals surface area (Å²) in [4.78, 5) is 10.1. The highest BCUT2D eigenvalue weighted by atomic mass is 35.5. The molecule has 62 valence electrons. The number of carbonyl (C=O) groups is 1. The average molecular weight is 186 g/mol. The first-order chi connectivity index (χ1) is 3.93. The van der Waals surface area contributed by atoms with E-state index < -0.39 is 0 Å². The quantitative estimate of drug-likeness (QED) is 0.619. The second-order valence-corrected chi connectivity index (χ2v) is 2.24. The van der Waals surface area contributed by atoms with Crippen molar-refractivity contribution in [3.8, 4) is 0 Å². The van der Waals surface area contributed by atoms with Crippen LogP contribution in [0, 0.1) is 5.92 Å². The van der Waals surface area contributed by atoms with Gasteiger partial charge in [0, 0.05) is 12.5 Å². The first-order valence-corrected chi connectivity index (χ1v) is 3.09. The molecule has 1 aliphatic rings. The highest BCUT2D eigenvalue weighted by molar-refractivity contribution is 5.85. The Morgan fingerprint density at radius 3 is 2.40 bits per heavy atom. The van der Waals surface area contributed by atoms with Gasteiger partial charge in [-0.3, -0.25) is 0 Å². The van der Waals surface area contributed by atoms with Crippen LogP contribution in [-0.2, 0) is 4.79 Å². The summed E-state index contributed by atoms with van der Waals surface area (Å²) in [7, 11) is 0. The number of piperidine rings is 1. The van der Waals surface area contributed by atoms with E-state index in [0.717, 1.165) is 32.2 Å². The van der Waals surface area contributed by atoms with Crippen LogP contribution in [0.25, 0.3) is 0 Å². The number of hydrogen-bond acceptors (Lipinski definition) is 2. The highest BCUT2D eigenvalue weighted by Crippen LogP contribution is 2.05. The maximum Gasteiger partial charge on any atom is 0.124 e. The summed E-state index contributed by atoms with van der Waals surface area (Å²) in [6, 6.07) is 0. The van der Waals surface area contributed by atoms with Crippen LogP contribution in [0.1, 0.15) is 12.8 Å². The molecule has 0 saturated carbocycles. The molecule has 0 unspecified atom stereocenters. The van der Waals surface area contributed by atoms with Gasteiger partial charge in [-0.25, -0.2) is 0 Å². The third kappa shape index (κ3) is 4.09. The van der Waals surface area contributed by atoms with Gasteiger partial charge < -0.3 is 10.1 Å². The van der Waals surface area contributed by atoms with E-state index in [1.807, 2.05) is 0 Å². The minimum absolute atomic E-state index is 0. The van der Waals surface area contributed by atoms with Crippen LogP contribution in [0.2, 0.25) is 0 Å². The highest BCUT2D eigenvalue weighted by Gasteiger charge is 2.09. The van der Waals surface area contributed by atoms with Crippen molar-refractivity contribution in [3.63, 3.8) is 0 Å². The van der Waals surface area contributed by atoms with Crippen molar-refractivity contribution in [2.24, 2.45) is 5.92 Å². The molecule has 0 spiro atoms. The Labute approximate surface area is 73.6 Å². The van der Waals surface area contributed by atoms with E-state index in [9.17, 15) is 4.79 Å². The van der Waals surface area contributed by atoms with Crippen LogP contribution < -0.4 is 5.32 Å². The van der Waals surface area contributed by atoms with E-state index in [1.54, 1.807) is 0 Å². The van der Waals surface area contributed by atoms with Crippen molar-refractivity contribution in [1.29, 1.82) is 0 Å². The molecule has 1 fully saturated rings. The molecule has 1 atom stereocenters. The molecule has 0 aromatic rings. The lowest BCUT2D eigenvalue weighted by Crippen LogP contribution is -2.30. The topological polar surface area (TPSA) is 29.1 Å². The average Bonchev–Trinajstić information content (AvgIpc) is 1.90. The normalized spacial score (nSPS) is 23.8. The molecule has 0 radical (unpaired) electrons. The van der Waals surface area contributed by atoms with E-state index in [0.29, 0.717) is 5.92 Å². The maximum atomic E-state index is 10.1. The smallest absolute Gasteiger partial charge is 0.124 e. The molecule has 4 heteroatoms. The molecule has 1 saturated heterocycles. The van der Waals surface area contributed by atoms with Gasteiger partial charge in [-0.2, -0.15) is 0 Å². The van der Waals surface area contributed by atoms with E-state index in [-0.39, 0.29) is 24.8 Å². The zero-order valence-electron chi connectivity index (χ0n) is 5.71. The van der Waals surface area contributed by atoms with Gasteiger partial charge in [-0.15, -0.1) is 24.8 Å². The van der Waals surface area contributed by atoms with Crippen LogP contribution in [0.4, 0.5) is 0 Å². The SMILES string of the molecule is Cl.Cl.O=C[C@H]1CCCNC1. The molecule has 0 aromatic carbocycles. The van der Waals surface area contributed by atoms with Gasteiger partial charge in [0.05, 0.1) is 0 Å². The summed E-state index contributed by atoms with van der Waals surface area (Å²) in [5.74, 6) is 0.295. The number of carbonyl (C=O) groups excluding carboxylic acids is 1. The molecule has 0 aliphatic carbocycles. The number of aldehydes is 1. The van der Waals surface area contributed by atoms with Crippen LogP contribution in [0.15, 0.2) is 0 Å². The number of nitrogens with one attached hydrogen (secondary N) is 1. The number of rotatable bonds is 1. The Kier molecular flexibility index (Phi) is 9.40. The van der Waals surface area contributed by atoms with Gasteiger partial charge in [-0.1, -0.05) is 0 Å². The Bertz CT molecular complexity index is 83.8. The molecule has 0 bridgehead atoms. The zero-order chi connectivity index (χ0) is 5.82. The fourth-order valence-corrected chi connectivity index (χ4v) is 0.995. The Morgan fingerprint density at radius 2 is 2.10 bits per heavy atom.